The van der Waals surface area contributed by atoms with Gasteiger partial charge in [-0.05, 0) is 42.5 Å². The number of aromatic nitrogens is 3. The monoisotopic (exact) mass is 436 g/mol. The maximum atomic E-state index is 13.3. The van der Waals surface area contributed by atoms with Crippen molar-refractivity contribution >= 4 is 28.1 Å². The highest BCUT2D eigenvalue weighted by molar-refractivity contribution is 7.13. The fraction of sp³-hybridized carbons (Fsp3) is 0.304. The molecule has 0 aliphatic heterocycles. The Labute approximate surface area is 184 Å². The lowest BCUT2D eigenvalue weighted by Gasteiger charge is -2.22. The van der Waals surface area contributed by atoms with E-state index in [4.69, 9.17) is 14.1 Å². The summed E-state index contributed by atoms with van der Waals surface area (Å²) in [6, 6.07) is 11.9. The van der Waals surface area contributed by atoms with Gasteiger partial charge in [0.1, 0.15) is 0 Å². The van der Waals surface area contributed by atoms with E-state index in [2.05, 4.69) is 10.2 Å². The van der Waals surface area contributed by atoms with E-state index in [0.29, 0.717) is 24.9 Å². The van der Waals surface area contributed by atoms with E-state index in [1.54, 1.807) is 12.0 Å². The molecule has 7 nitrogen and oxygen atoms in total. The van der Waals surface area contributed by atoms with Gasteiger partial charge in [-0.2, -0.15) is 0 Å². The van der Waals surface area contributed by atoms with E-state index >= 15 is 0 Å². The largest absolute Gasteiger partial charge is 0.418 e. The molecular weight excluding hydrogens is 412 g/mol. The molecule has 0 spiro atoms. The summed E-state index contributed by atoms with van der Waals surface area (Å²) in [4.78, 5) is 20.5. The lowest BCUT2D eigenvalue weighted by Crippen LogP contribution is -2.35. The molecule has 0 atom stereocenters. The number of carbonyl (C=O) groups excluding carboxylic acids is 1. The Morgan fingerprint density at radius 1 is 1.16 bits per heavy atom. The molecule has 1 aromatic carbocycles. The third-order valence-corrected chi connectivity index (χ3v) is 6.11. The number of fused-ring (bicyclic) bond motifs is 1. The number of rotatable bonds is 8. The highest BCUT2D eigenvalue weighted by atomic mass is 32.1. The Kier molecular flexibility index (Phi) is 6.39. The van der Waals surface area contributed by atoms with Crippen LogP contribution in [0.15, 0.2) is 46.2 Å². The predicted molar refractivity (Wildman–Crippen MR) is 120 cm³/mol. The van der Waals surface area contributed by atoms with Gasteiger partial charge in [0.25, 0.3) is 5.89 Å². The normalized spacial score (nSPS) is 11.2. The average Bonchev–Trinajstić information content (AvgIpc) is 3.46. The number of carbonyl (C=O) groups is 1. The second kappa shape index (κ2) is 9.36. The van der Waals surface area contributed by atoms with Gasteiger partial charge in [0.2, 0.25) is 11.8 Å². The van der Waals surface area contributed by atoms with Gasteiger partial charge in [-0.25, -0.2) is 0 Å². The number of nitrogens with zero attached hydrogens (tertiary/aromatic N) is 4. The zero-order valence-electron chi connectivity index (χ0n) is 17.8. The molecular formula is C23H24N4O3S. The molecule has 0 aliphatic carbocycles. The number of methoxy groups -OCH3 is 1. The summed E-state index contributed by atoms with van der Waals surface area (Å²) < 4.78 is 11.0. The van der Waals surface area contributed by atoms with Gasteiger partial charge in [0.15, 0.2) is 0 Å². The molecule has 31 heavy (non-hydrogen) atoms. The first-order chi connectivity index (χ1) is 15.1. The van der Waals surface area contributed by atoms with Crippen molar-refractivity contribution in [2.75, 3.05) is 20.3 Å². The van der Waals surface area contributed by atoms with Gasteiger partial charge in [0, 0.05) is 24.7 Å². The molecule has 0 unspecified atom stereocenters. The number of hydrogen-bond donors (Lipinski definition) is 0. The molecule has 0 fully saturated rings. The molecule has 0 N–H and O–H groups in total. The Bertz CT molecular complexity index is 1190. The summed E-state index contributed by atoms with van der Waals surface area (Å²) in [5.41, 5.74) is 3.85. The molecule has 8 heteroatoms. The van der Waals surface area contributed by atoms with Crippen LogP contribution in [0.25, 0.3) is 21.7 Å². The van der Waals surface area contributed by atoms with Gasteiger partial charge in [-0.3, -0.25) is 9.78 Å². The second-order valence-corrected chi connectivity index (χ2v) is 8.23. The molecule has 0 saturated carbocycles. The minimum Gasteiger partial charge on any atom is -0.418 e. The first kappa shape index (κ1) is 21.1. The van der Waals surface area contributed by atoms with Crippen LogP contribution in [0, 0.1) is 13.8 Å². The summed E-state index contributed by atoms with van der Waals surface area (Å²) in [6.07, 6.45) is 0.255. The van der Waals surface area contributed by atoms with Crippen LogP contribution >= 0.6 is 11.3 Å². The maximum Gasteiger partial charge on any atom is 0.257 e. The fourth-order valence-electron chi connectivity index (χ4n) is 3.57. The summed E-state index contributed by atoms with van der Waals surface area (Å²) in [7, 11) is 1.62. The molecule has 160 valence electrons. The van der Waals surface area contributed by atoms with Gasteiger partial charge in [0.05, 0.1) is 30.0 Å². The highest BCUT2D eigenvalue weighted by Gasteiger charge is 2.21. The third kappa shape index (κ3) is 4.65. The van der Waals surface area contributed by atoms with Crippen molar-refractivity contribution in [3.05, 3.63) is 64.5 Å². The summed E-state index contributed by atoms with van der Waals surface area (Å²) in [5.74, 6) is 0.837. The van der Waals surface area contributed by atoms with Crippen molar-refractivity contribution in [3.8, 4) is 10.8 Å². The second-order valence-electron chi connectivity index (χ2n) is 7.28. The van der Waals surface area contributed by atoms with E-state index in [9.17, 15) is 4.79 Å². The fourth-order valence-corrected chi connectivity index (χ4v) is 4.21. The van der Waals surface area contributed by atoms with E-state index in [-0.39, 0.29) is 18.9 Å². The van der Waals surface area contributed by atoms with Crippen molar-refractivity contribution in [1.29, 1.82) is 0 Å². The van der Waals surface area contributed by atoms with Crippen molar-refractivity contribution in [2.24, 2.45) is 0 Å². The average molecular weight is 437 g/mol. The van der Waals surface area contributed by atoms with Crippen molar-refractivity contribution in [2.45, 2.75) is 26.8 Å². The van der Waals surface area contributed by atoms with Crippen LogP contribution in [0.3, 0.4) is 0 Å². The number of benzene rings is 1. The minimum atomic E-state index is -0.0313. The van der Waals surface area contributed by atoms with Crippen LogP contribution in [0.5, 0.6) is 0 Å². The maximum absolute atomic E-state index is 13.3. The van der Waals surface area contributed by atoms with Crippen LogP contribution in [-0.2, 0) is 22.5 Å². The molecule has 0 radical (unpaired) electrons. The Morgan fingerprint density at radius 2 is 2.00 bits per heavy atom. The number of hydrogen-bond acceptors (Lipinski definition) is 7. The first-order valence-electron chi connectivity index (χ1n) is 10.0. The van der Waals surface area contributed by atoms with Crippen LogP contribution < -0.4 is 0 Å². The number of thiophene rings is 1. The van der Waals surface area contributed by atoms with Crippen molar-refractivity contribution < 1.29 is 13.9 Å². The summed E-state index contributed by atoms with van der Waals surface area (Å²) in [5, 5.41) is 11.3. The van der Waals surface area contributed by atoms with Crippen LogP contribution in [0.2, 0.25) is 0 Å². The Morgan fingerprint density at radius 3 is 2.77 bits per heavy atom. The smallest absolute Gasteiger partial charge is 0.257 e. The Balaban J connectivity index is 1.56. The van der Waals surface area contributed by atoms with E-state index in [1.165, 1.54) is 11.3 Å². The number of ether oxygens (including phenoxy) is 1. The topological polar surface area (TPSA) is 81.4 Å². The van der Waals surface area contributed by atoms with Gasteiger partial charge in [-0.1, -0.05) is 24.3 Å². The third-order valence-electron chi connectivity index (χ3n) is 5.26. The summed E-state index contributed by atoms with van der Waals surface area (Å²) in [6.45, 7) is 5.09. The van der Waals surface area contributed by atoms with Crippen molar-refractivity contribution in [1.82, 2.24) is 20.1 Å². The molecule has 0 saturated heterocycles. The zero-order chi connectivity index (χ0) is 21.8. The molecule has 4 aromatic rings. The van der Waals surface area contributed by atoms with Crippen molar-refractivity contribution in [3.63, 3.8) is 0 Å². The number of pyridine rings is 1. The Hall–Kier alpha value is -3.10. The van der Waals surface area contributed by atoms with E-state index in [0.717, 1.165) is 32.6 Å². The van der Waals surface area contributed by atoms with Crippen LogP contribution in [-0.4, -0.2) is 46.2 Å². The lowest BCUT2D eigenvalue weighted by atomic mass is 9.99. The molecule has 3 aromatic heterocycles. The van der Waals surface area contributed by atoms with Crippen LogP contribution in [0.1, 0.15) is 22.7 Å². The number of para-hydroxylation sites is 1. The quantitative estimate of drug-likeness (QED) is 0.412. The SMILES string of the molecule is COCCN(Cc1nnc(-c2cccs2)o1)C(=O)Cc1c(C)nc2ccccc2c1C. The number of amides is 1. The molecule has 0 aliphatic rings. The standard InChI is InChI=1S/C23H24N4O3S/c1-15-17-7-4-5-8-19(17)24-16(2)18(15)13-22(28)27(10-11-29-3)14-21-25-26-23(30-21)20-9-6-12-31-20/h4-9,12H,10-11,13-14H2,1-3H3. The summed E-state index contributed by atoms with van der Waals surface area (Å²) >= 11 is 1.53. The predicted octanol–water partition coefficient (Wildman–Crippen LogP) is 4.18. The molecule has 0 bridgehead atoms. The van der Waals surface area contributed by atoms with Crippen LogP contribution in [0.4, 0.5) is 0 Å². The zero-order valence-corrected chi connectivity index (χ0v) is 18.6. The molecule has 3 heterocycles. The van der Waals surface area contributed by atoms with Gasteiger partial charge >= 0.3 is 0 Å². The van der Waals surface area contributed by atoms with E-state index in [1.807, 2.05) is 55.6 Å². The van der Waals surface area contributed by atoms with Gasteiger partial charge in [-0.15, -0.1) is 21.5 Å². The van der Waals surface area contributed by atoms with E-state index < -0.39 is 0 Å². The molecule has 4 rings (SSSR count). The number of aryl methyl sites for hydroxylation is 2. The molecule has 1 amide bonds. The highest BCUT2D eigenvalue weighted by Crippen LogP contribution is 2.25. The first-order valence-corrected chi connectivity index (χ1v) is 10.9. The minimum absolute atomic E-state index is 0.0313. The van der Waals surface area contributed by atoms with Gasteiger partial charge < -0.3 is 14.1 Å². The lowest BCUT2D eigenvalue weighted by molar-refractivity contribution is -0.132.